The number of rotatable bonds is 7. The molecule has 0 spiro atoms. The third kappa shape index (κ3) is 7.41. The molecule has 1 aromatic heterocycles. The number of amides is 4. The molecule has 0 saturated carbocycles. The minimum Gasteiger partial charge on any atom is -0.356 e. The second-order valence-electron chi connectivity index (χ2n) is 8.37. The van der Waals surface area contributed by atoms with Crippen LogP contribution in [-0.4, -0.2) is 72.5 Å². The van der Waals surface area contributed by atoms with E-state index in [9.17, 15) is 14.4 Å². The van der Waals surface area contributed by atoms with Gasteiger partial charge in [0.25, 0.3) is 0 Å². The molecule has 9 nitrogen and oxygen atoms in total. The molecule has 2 fully saturated rings. The molecule has 1 aromatic rings. The van der Waals surface area contributed by atoms with Crippen molar-refractivity contribution in [1.29, 1.82) is 0 Å². The first-order chi connectivity index (χ1) is 15.0. The molecule has 31 heavy (non-hydrogen) atoms. The Morgan fingerprint density at radius 3 is 2.32 bits per heavy atom. The number of Topliss-reactive ketones (excluding diaryl/α,β-unsaturated/α-hetero) is 1. The predicted octanol–water partition coefficient (Wildman–Crippen LogP) is 1.89. The van der Waals surface area contributed by atoms with E-state index in [0.717, 1.165) is 44.6 Å². The molecule has 3 rings (SSSR count). The van der Waals surface area contributed by atoms with E-state index in [0.29, 0.717) is 32.5 Å². The summed E-state index contributed by atoms with van der Waals surface area (Å²) < 4.78 is 0. The Hall–Kier alpha value is -2.84. The van der Waals surface area contributed by atoms with Crippen molar-refractivity contribution in [2.45, 2.75) is 57.5 Å². The van der Waals surface area contributed by atoms with Crippen molar-refractivity contribution in [3.8, 4) is 0 Å². The van der Waals surface area contributed by atoms with E-state index < -0.39 is 0 Å². The molecule has 3 N–H and O–H groups in total. The van der Waals surface area contributed by atoms with Crippen molar-refractivity contribution < 1.29 is 14.4 Å². The van der Waals surface area contributed by atoms with Crippen LogP contribution in [0.1, 0.15) is 45.4 Å². The van der Waals surface area contributed by atoms with E-state index in [1.54, 1.807) is 13.1 Å². The smallest absolute Gasteiger partial charge is 0.317 e. The number of likely N-dealkylation sites (tertiary alicyclic amines) is 1. The maximum atomic E-state index is 12.6. The fraction of sp³-hybridized carbons (Fsp3) is 0.636. The Morgan fingerprint density at radius 2 is 1.68 bits per heavy atom. The maximum absolute atomic E-state index is 12.6. The number of hydrogen-bond acceptors (Lipinski definition) is 5. The molecular weight excluding hydrogens is 396 g/mol. The number of urea groups is 2. The van der Waals surface area contributed by atoms with E-state index in [-0.39, 0.29) is 29.9 Å². The van der Waals surface area contributed by atoms with Crippen LogP contribution in [0.25, 0.3) is 0 Å². The van der Waals surface area contributed by atoms with Gasteiger partial charge in [-0.3, -0.25) is 0 Å². The number of carbonyl (C=O) groups is 3. The van der Waals surface area contributed by atoms with Gasteiger partial charge in [0.15, 0.2) is 0 Å². The molecule has 4 amide bonds. The van der Waals surface area contributed by atoms with Crippen LogP contribution in [0.4, 0.5) is 15.4 Å². The second-order valence-corrected chi connectivity index (χ2v) is 8.37. The average Bonchev–Trinajstić information content (AvgIpc) is 2.78. The topological polar surface area (TPSA) is 107 Å². The quantitative estimate of drug-likeness (QED) is 0.573. The third-order valence-corrected chi connectivity index (χ3v) is 5.90. The number of carbonyl (C=O) groups excluding carboxylic acids is 3. The lowest BCUT2D eigenvalue weighted by molar-refractivity contribution is -0.117. The SMILES string of the molecule is CC(=O)CCCNC(=O)NC1CCN(C(=O)NC2CCN(c3ccccn3)CC2)CC1. The largest absolute Gasteiger partial charge is 0.356 e. The normalized spacial score (nSPS) is 17.8. The third-order valence-electron chi connectivity index (χ3n) is 5.90. The van der Waals surface area contributed by atoms with Gasteiger partial charge in [0.05, 0.1) is 0 Å². The van der Waals surface area contributed by atoms with Crippen molar-refractivity contribution >= 4 is 23.7 Å². The standard InChI is InChI=1S/C22H34N6O3/c1-17(29)5-4-12-24-21(30)25-18-9-15-28(16-10-18)22(31)26-19-7-13-27(14-8-19)20-6-2-3-11-23-20/h2-3,6,11,18-19H,4-5,7-10,12-16H2,1H3,(H,26,31)(H2,24,25,30). The summed E-state index contributed by atoms with van der Waals surface area (Å²) in [5.74, 6) is 1.12. The second kappa shape index (κ2) is 11.5. The number of piperidine rings is 2. The molecule has 0 bridgehead atoms. The molecule has 0 radical (unpaired) electrons. The van der Waals surface area contributed by atoms with Gasteiger partial charge in [-0.2, -0.15) is 0 Å². The van der Waals surface area contributed by atoms with E-state index in [2.05, 4.69) is 25.8 Å². The van der Waals surface area contributed by atoms with Crippen LogP contribution in [0.2, 0.25) is 0 Å². The summed E-state index contributed by atoms with van der Waals surface area (Å²) in [6.45, 7) is 5.08. The highest BCUT2D eigenvalue weighted by atomic mass is 16.2. The number of nitrogens with zero attached hydrogens (tertiary/aromatic N) is 3. The summed E-state index contributed by atoms with van der Waals surface area (Å²) in [5, 5.41) is 8.92. The highest BCUT2D eigenvalue weighted by molar-refractivity contribution is 5.76. The van der Waals surface area contributed by atoms with Gasteiger partial charge in [-0.25, -0.2) is 14.6 Å². The van der Waals surface area contributed by atoms with Crippen molar-refractivity contribution in [3.63, 3.8) is 0 Å². The van der Waals surface area contributed by atoms with Crippen LogP contribution in [0.15, 0.2) is 24.4 Å². The Balaban J connectivity index is 1.31. The Morgan fingerprint density at radius 1 is 1.00 bits per heavy atom. The first kappa shape index (κ1) is 22.8. The Bertz CT molecular complexity index is 728. The van der Waals surface area contributed by atoms with Gasteiger partial charge in [-0.1, -0.05) is 6.07 Å². The molecule has 0 aromatic carbocycles. The van der Waals surface area contributed by atoms with Gasteiger partial charge in [0.2, 0.25) is 0 Å². The molecule has 9 heteroatoms. The van der Waals surface area contributed by atoms with Crippen molar-refractivity contribution in [2.24, 2.45) is 0 Å². The fourth-order valence-corrected chi connectivity index (χ4v) is 4.06. The molecule has 2 aliphatic rings. The Kier molecular flexibility index (Phi) is 8.49. The van der Waals surface area contributed by atoms with Gasteiger partial charge in [0.1, 0.15) is 11.6 Å². The zero-order valence-corrected chi connectivity index (χ0v) is 18.3. The monoisotopic (exact) mass is 430 g/mol. The van der Waals surface area contributed by atoms with Gasteiger partial charge in [-0.05, 0) is 51.2 Å². The summed E-state index contributed by atoms with van der Waals surface area (Å²) >= 11 is 0. The van der Waals surface area contributed by atoms with Gasteiger partial charge in [0, 0.05) is 57.4 Å². The van der Waals surface area contributed by atoms with Crippen LogP contribution in [0, 0.1) is 0 Å². The number of anilines is 1. The Labute approximate surface area is 183 Å². The molecule has 2 saturated heterocycles. The average molecular weight is 431 g/mol. The summed E-state index contributed by atoms with van der Waals surface area (Å²) in [6, 6.07) is 5.96. The summed E-state index contributed by atoms with van der Waals surface area (Å²) in [5.41, 5.74) is 0. The number of pyridine rings is 1. The molecule has 170 valence electrons. The van der Waals surface area contributed by atoms with Gasteiger partial charge >= 0.3 is 12.1 Å². The van der Waals surface area contributed by atoms with Crippen molar-refractivity contribution in [2.75, 3.05) is 37.6 Å². The maximum Gasteiger partial charge on any atom is 0.317 e. The fourth-order valence-electron chi connectivity index (χ4n) is 4.06. The zero-order chi connectivity index (χ0) is 22.1. The van der Waals surface area contributed by atoms with Gasteiger partial charge < -0.3 is 30.5 Å². The molecular formula is C22H34N6O3. The highest BCUT2D eigenvalue weighted by Gasteiger charge is 2.27. The zero-order valence-electron chi connectivity index (χ0n) is 18.3. The van der Waals surface area contributed by atoms with E-state index in [1.165, 1.54) is 0 Å². The molecule has 2 aliphatic heterocycles. The number of hydrogen-bond donors (Lipinski definition) is 3. The van der Waals surface area contributed by atoms with Crippen molar-refractivity contribution in [3.05, 3.63) is 24.4 Å². The minimum atomic E-state index is -0.203. The minimum absolute atomic E-state index is 0.0107. The molecule has 0 unspecified atom stereocenters. The number of aromatic nitrogens is 1. The number of nitrogens with one attached hydrogen (secondary N) is 3. The van der Waals surface area contributed by atoms with Crippen LogP contribution < -0.4 is 20.9 Å². The number of ketones is 1. The predicted molar refractivity (Wildman–Crippen MR) is 119 cm³/mol. The lowest BCUT2D eigenvalue weighted by Crippen LogP contribution is -2.53. The lowest BCUT2D eigenvalue weighted by atomic mass is 10.0. The molecule has 0 atom stereocenters. The lowest BCUT2D eigenvalue weighted by Gasteiger charge is -2.36. The van der Waals surface area contributed by atoms with Crippen LogP contribution in [-0.2, 0) is 4.79 Å². The van der Waals surface area contributed by atoms with E-state index >= 15 is 0 Å². The summed E-state index contributed by atoms with van der Waals surface area (Å²) in [7, 11) is 0. The summed E-state index contributed by atoms with van der Waals surface area (Å²) in [6.07, 6.45) is 6.24. The first-order valence-corrected chi connectivity index (χ1v) is 11.3. The molecule has 0 aliphatic carbocycles. The van der Waals surface area contributed by atoms with Crippen LogP contribution in [0.3, 0.4) is 0 Å². The van der Waals surface area contributed by atoms with E-state index in [4.69, 9.17) is 0 Å². The molecule has 3 heterocycles. The first-order valence-electron chi connectivity index (χ1n) is 11.3. The highest BCUT2D eigenvalue weighted by Crippen LogP contribution is 2.18. The van der Waals surface area contributed by atoms with E-state index in [1.807, 2.05) is 23.1 Å². The summed E-state index contributed by atoms with van der Waals surface area (Å²) in [4.78, 5) is 44.0. The van der Waals surface area contributed by atoms with Crippen molar-refractivity contribution in [1.82, 2.24) is 25.8 Å². The van der Waals surface area contributed by atoms with Gasteiger partial charge in [-0.15, -0.1) is 0 Å². The van der Waals surface area contributed by atoms with Crippen LogP contribution in [0.5, 0.6) is 0 Å². The van der Waals surface area contributed by atoms with Crippen LogP contribution >= 0.6 is 0 Å².